The first-order valence-electron chi connectivity index (χ1n) is 12.7. The fraction of sp³-hybridized carbons (Fsp3) is 0.571. The van der Waals surface area contributed by atoms with Crippen LogP contribution in [0.4, 0.5) is 5.69 Å². The highest BCUT2D eigenvalue weighted by Gasteiger charge is 2.30. The molecular formula is C28H46Br3N3O. The van der Waals surface area contributed by atoms with Gasteiger partial charge < -0.3 is 15.7 Å². The maximum absolute atomic E-state index is 10.2. The molecule has 200 valence electrons. The number of fused-ring (bicyclic) bond motifs is 1. The molecule has 1 aliphatic rings. The van der Waals surface area contributed by atoms with Crippen molar-refractivity contribution in [2.75, 3.05) is 25.5 Å². The summed E-state index contributed by atoms with van der Waals surface area (Å²) in [4.78, 5) is 2.76. The molecule has 4 nitrogen and oxygen atoms in total. The molecule has 0 aromatic heterocycles. The van der Waals surface area contributed by atoms with E-state index in [2.05, 4.69) is 65.8 Å². The van der Waals surface area contributed by atoms with E-state index in [9.17, 15) is 5.11 Å². The molecule has 2 unspecified atom stereocenters. The summed E-state index contributed by atoms with van der Waals surface area (Å²) in [5, 5.41) is 17.4. The smallest absolute Gasteiger partial charge is 0.138 e. The number of hydrogen-bond acceptors (Lipinski definition) is 4. The Morgan fingerprint density at radius 1 is 1.00 bits per heavy atom. The SMILES string of the molecule is Br.Br.Br.CCCCCC(NCCc1ccccc1)N(CCC)C1CCc2c(ccc(O)c2NC)C1. The van der Waals surface area contributed by atoms with E-state index in [1.54, 1.807) is 0 Å². The van der Waals surface area contributed by atoms with Crippen LogP contribution in [0.5, 0.6) is 5.75 Å². The molecule has 0 bridgehead atoms. The summed E-state index contributed by atoms with van der Waals surface area (Å²) in [7, 11) is 1.91. The third-order valence-electron chi connectivity index (χ3n) is 6.89. The number of benzene rings is 2. The van der Waals surface area contributed by atoms with E-state index < -0.39 is 0 Å². The van der Waals surface area contributed by atoms with Gasteiger partial charge in [0.25, 0.3) is 0 Å². The normalized spacial score (nSPS) is 15.3. The maximum atomic E-state index is 10.2. The van der Waals surface area contributed by atoms with Gasteiger partial charge in [-0.25, -0.2) is 0 Å². The quantitative estimate of drug-likeness (QED) is 0.117. The van der Waals surface area contributed by atoms with Gasteiger partial charge in [-0.15, -0.1) is 50.9 Å². The third-order valence-corrected chi connectivity index (χ3v) is 6.89. The van der Waals surface area contributed by atoms with Crippen molar-refractivity contribution in [3.05, 3.63) is 59.2 Å². The molecule has 3 N–H and O–H groups in total. The van der Waals surface area contributed by atoms with Gasteiger partial charge in [0.1, 0.15) is 5.75 Å². The Hall–Kier alpha value is -0.600. The number of rotatable bonds is 13. The zero-order valence-corrected chi connectivity index (χ0v) is 26.7. The van der Waals surface area contributed by atoms with Crippen LogP contribution in [0.3, 0.4) is 0 Å². The maximum Gasteiger partial charge on any atom is 0.138 e. The van der Waals surface area contributed by atoms with Gasteiger partial charge in [-0.05, 0) is 67.8 Å². The van der Waals surface area contributed by atoms with E-state index in [4.69, 9.17) is 0 Å². The number of hydrogen-bond donors (Lipinski definition) is 3. The molecule has 1 aliphatic carbocycles. The number of phenols is 1. The summed E-state index contributed by atoms with van der Waals surface area (Å²) >= 11 is 0. The van der Waals surface area contributed by atoms with Crippen LogP contribution in [0.2, 0.25) is 0 Å². The highest BCUT2D eigenvalue weighted by atomic mass is 79.9. The molecule has 0 heterocycles. The topological polar surface area (TPSA) is 47.5 Å². The number of phenolic OH excluding ortho intramolecular Hbond substituents is 1. The van der Waals surface area contributed by atoms with Gasteiger partial charge in [-0.2, -0.15) is 0 Å². The van der Waals surface area contributed by atoms with Crippen molar-refractivity contribution in [3.8, 4) is 5.75 Å². The molecule has 0 fully saturated rings. The fourth-order valence-corrected chi connectivity index (χ4v) is 5.24. The molecule has 2 atom stereocenters. The highest BCUT2D eigenvalue weighted by molar-refractivity contribution is 8.93. The number of nitrogens with zero attached hydrogens (tertiary/aromatic N) is 1. The number of nitrogens with one attached hydrogen (secondary N) is 2. The van der Waals surface area contributed by atoms with Crippen LogP contribution < -0.4 is 10.6 Å². The van der Waals surface area contributed by atoms with Crippen molar-refractivity contribution in [2.45, 2.75) is 83.8 Å². The van der Waals surface area contributed by atoms with Crippen molar-refractivity contribution >= 4 is 56.6 Å². The summed E-state index contributed by atoms with van der Waals surface area (Å²) in [6.45, 7) is 6.73. The van der Waals surface area contributed by atoms with Crippen molar-refractivity contribution < 1.29 is 5.11 Å². The van der Waals surface area contributed by atoms with Crippen LogP contribution in [0.25, 0.3) is 0 Å². The predicted octanol–water partition coefficient (Wildman–Crippen LogP) is 7.48. The summed E-state index contributed by atoms with van der Waals surface area (Å²) < 4.78 is 0. The first-order chi connectivity index (χ1) is 15.7. The second-order valence-electron chi connectivity index (χ2n) is 9.18. The molecule has 2 aromatic carbocycles. The lowest BCUT2D eigenvalue weighted by atomic mass is 9.85. The van der Waals surface area contributed by atoms with Gasteiger partial charge in [-0.3, -0.25) is 4.90 Å². The van der Waals surface area contributed by atoms with Gasteiger partial charge in [-0.1, -0.05) is 69.5 Å². The van der Waals surface area contributed by atoms with Gasteiger partial charge in [0.2, 0.25) is 0 Å². The molecule has 0 spiro atoms. The summed E-state index contributed by atoms with van der Waals surface area (Å²) in [5.41, 5.74) is 5.02. The second kappa shape index (κ2) is 18.6. The number of anilines is 1. The zero-order valence-electron chi connectivity index (χ0n) is 21.6. The van der Waals surface area contributed by atoms with Gasteiger partial charge in [0.05, 0.1) is 11.9 Å². The van der Waals surface area contributed by atoms with Crippen molar-refractivity contribution in [3.63, 3.8) is 0 Å². The van der Waals surface area contributed by atoms with E-state index >= 15 is 0 Å². The lowest BCUT2D eigenvalue weighted by Crippen LogP contribution is -2.53. The van der Waals surface area contributed by atoms with E-state index in [0.717, 1.165) is 44.5 Å². The van der Waals surface area contributed by atoms with Crippen LogP contribution in [0.15, 0.2) is 42.5 Å². The monoisotopic (exact) mass is 677 g/mol. The molecule has 0 saturated carbocycles. The first-order valence-corrected chi connectivity index (χ1v) is 12.7. The van der Waals surface area contributed by atoms with Crippen LogP contribution >= 0.6 is 50.9 Å². The Balaban J connectivity index is 0.00000385. The van der Waals surface area contributed by atoms with E-state index in [-0.39, 0.29) is 50.9 Å². The van der Waals surface area contributed by atoms with Crippen LogP contribution in [0, 0.1) is 0 Å². The average molecular weight is 680 g/mol. The first kappa shape index (κ1) is 34.4. The minimum absolute atomic E-state index is 0. The van der Waals surface area contributed by atoms with E-state index in [1.165, 1.54) is 48.8 Å². The number of unbranched alkanes of at least 4 members (excludes halogenated alkanes) is 2. The highest BCUT2D eigenvalue weighted by Crippen LogP contribution is 2.36. The van der Waals surface area contributed by atoms with Crippen molar-refractivity contribution in [1.29, 1.82) is 0 Å². The minimum atomic E-state index is 0. The Morgan fingerprint density at radius 2 is 1.74 bits per heavy atom. The van der Waals surface area contributed by atoms with Crippen molar-refractivity contribution in [2.24, 2.45) is 0 Å². The van der Waals surface area contributed by atoms with Gasteiger partial charge in [0, 0.05) is 19.6 Å². The summed E-state index contributed by atoms with van der Waals surface area (Å²) in [5.74, 6) is 0.370. The number of halogens is 3. The largest absolute Gasteiger partial charge is 0.506 e. The molecule has 0 saturated heterocycles. The molecule has 2 aromatic rings. The minimum Gasteiger partial charge on any atom is -0.506 e. The fourth-order valence-electron chi connectivity index (χ4n) is 5.24. The van der Waals surface area contributed by atoms with Crippen molar-refractivity contribution in [1.82, 2.24) is 10.2 Å². The van der Waals surface area contributed by atoms with Gasteiger partial charge >= 0.3 is 0 Å². The van der Waals surface area contributed by atoms with E-state index in [0.29, 0.717) is 18.0 Å². The molecule has 3 rings (SSSR count). The second-order valence-corrected chi connectivity index (χ2v) is 9.18. The molecule has 7 heteroatoms. The lowest BCUT2D eigenvalue weighted by Gasteiger charge is -2.41. The third kappa shape index (κ3) is 9.99. The molecule has 0 amide bonds. The Kier molecular flexibility index (Phi) is 18.3. The predicted molar refractivity (Wildman–Crippen MR) is 168 cm³/mol. The molecule has 0 aliphatic heterocycles. The Bertz CT molecular complexity index is 823. The standard InChI is InChI=1S/C28H43N3O.3BrH/c1-4-6-8-13-27(30-19-18-22-11-9-7-10-12-22)31(20-5-2)24-15-16-25-23(21-24)14-17-26(32)28(25)29-3;;;/h7,9-12,14,17,24,27,29-30,32H,4-6,8,13,15-16,18-21H2,1-3H3;3*1H. The van der Waals surface area contributed by atoms with Crippen LogP contribution in [-0.4, -0.2) is 42.4 Å². The molecule has 0 radical (unpaired) electrons. The van der Waals surface area contributed by atoms with Crippen LogP contribution in [-0.2, 0) is 19.3 Å². The summed E-state index contributed by atoms with van der Waals surface area (Å²) in [6, 6.07) is 15.3. The Labute approximate surface area is 245 Å². The molecule has 35 heavy (non-hydrogen) atoms. The van der Waals surface area contributed by atoms with Gasteiger partial charge in [0.15, 0.2) is 0 Å². The summed E-state index contributed by atoms with van der Waals surface area (Å²) in [6.07, 6.45) is 11.0. The zero-order chi connectivity index (χ0) is 22.8. The van der Waals surface area contributed by atoms with Crippen LogP contribution in [0.1, 0.15) is 69.1 Å². The Morgan fingerprint density at radius 3 is 2.40 bits per heavy atom. The van der Waals surface area contributed by atoms with E-state index in [1.807, 2.05) is 13.1 Å². The average Bonchev–Trinajstić information content (AvgIpc) is 2.82. The lowest BCUT2D eigenvalue weighted by molar-refractivity contribution is 0.0908. The molecular weight excluding hydrogens is 634 g/mol. The number of aromatic hydroxyl groups is 1.